The van der Waals surface area contributed by atoms with Crippen molar-refractivity contribution in [3.63, 3.8) is 0 Å². The molecule has 3 nitrogen and oxygen atoms in total. The predicted molar refractivity (Wildman–Crippen MR) is 73.3 cm³/mol. The molecule has 0 saturated carbocycles. The van der Waals surface area contributed by atoms with Crippen LogP contribution in [0.2, 0.25) is 0 Å². The number of carbonyl (C=O) groups is 1. The molecular formula is C12H17IO3. The van der Waals surface area contributed by atoms with Gasteiger partial charge in [-0.1, -0.05) is 40.8 Å². The maximum absolute atomic E-state index is 10.7. The van der Waals surface area contributed by atoms with Crippen molar-refractivity contribution in [1.29, 1.82) is 0 Å². The van der Waals surface area contributed by atoms with Crippen LogP contribution in [0.25, 0.3) is 0 Å². The number of allylic oxidation sites excluding steroid dienone is 3. The quantitative estimate of drug-likeness (QED) is 0.351. The lowest BCUT2D eigenvalue weighted by Crippen LogP contribution is -2.03. The number of ether oxygens (including phenoxy) is 1. The first kappa shape index (κ1) is 15.4. The molecule has 0 fully saturated rings. The molecule has 0 aromatic carbocycles. The molecule has 0 atom stereocenters. The Morgan fingerprint density at radius 3 is 2.56 bits per heavy atom. The third kappa shape index (κ3) is 8.67. The van der Waals surface area contributed by atoms with Gasteiger partial charge in [0.05, 0.1) is 6.61 Å². The third-order valence-electron chi connectivity index (χ3n) is 1.72. The normalized spacial score (nSPS) is 13.2. The lowest BCUT2D eigenvalue weighted by molar-refractivity contribution is -0.140. The van der Waals surface area contributed by atoms with Gasteiger partial charge in [-0.3, -0.25) is 4.79 Å². The summed E-state index contributed by atoms with van der Waals surface area (Å²) in [5.41, 5.74) is 2.12. The molecule has 90 valence electrons. The van der Waals surface area contributed by atoms with Crippen LogP contribution in [0.1, 0.15) is 20.3 Å². The van der Waals surface area contributed by atoms with Gasteiger partial charge in [0.2, 0.25) is 0 Å². The van der Waals surface area contributed by atoms with E-state index in [9.17, 15) is 4.79 Å². The van der Waals surface area contributed by atoms with Crippen molar-refractivity contribution in [1.82, 2.24) is 0 Å². The second kappa shape index (κ2) is 9.59. The van der Waals surface area contributed by atoms with Gasteiger partial charge in [0.25, 0.3) is 0 Å². The first-order chi connectivity index (χ1) is 7.60. The minimum absolute atomic E-state index is 0.0297. The summed E-state index contributed by atoms with van der Waals surface area (Å²) in [7, 11) is 0. The molecule has 16 heavy (non-hydrogen) atoms. The van der Waals surface area contributed by atoms with Gasteiger partial charge in [0.1, 0.15) is 6.61 Å². The van der Waals surface area contributed by atoms with Crippen molar-refractivity contribution >= 4 is 28.6 Å². The summed E-state index contributed by atoms with van der Waals surface area (Å²) in [6, 6.07) is 0. The van der Waals surface area contributed by atoms with E-state index in [1.165, 1.54) is 6.92 Å². The molecule has 0 aromatic rings. The zero-order valence-electron chi connectivity index (χ0n) is 9.57. The number of hydrogen-bond donors (Lipinski definition) is 1. The summed E-state index contributed by atoms with van der Waals surface area (Å²) >= 11 is 2.16. The molecule has 0 unspecified atom stereocenters. The summed E-state index contributed by atoms with van der Waals surface area (Å²) in [5, 5.41) is 8.62. The Bertz CT molecular complexity index is 303. The first-order valence-electron chi connectivity index (χ1n) is 4.95. The van der Waals surface area contributed by atoms with Crippen molar-refractivity contribution < 1.29 is 14.6 Å². The molecule has 0 spiro atoms. The van der Waals surface area contributed by atoms with Gasteiger partial charge in [-0.25, -0.2) is 0 Å². The summed E-state index contributed by atoms with van der Waals surface area (Å²) in [4.78, 5) is 10.7. The van der Waals surface area contributed by atoms with Crippen molar-refractivity contribution in [2.75, 3.05) is 13.2 Å². The number of halogens is 1. The van der Waals surface area contributed by atoms with Gasteiger partial charge in [-0.2, -0.15) is 0 Å². The Morgan fingerprint density at radius 2 is 2.06 bits per heavy atom. The topological polar surface area (TPSA) is 46.5 Å². The van der Waals surface area contributed by atoms with E-state index in [2.05, 4.69) is 22.6 Å². The van der Waals surface area contributed by atoms with E-state index >= 15 is 0 Å². The van der Waals surface area contributed by atoms with Crippen LogP contribution in [0.15, 0.2) is 33.5 Å². The highest BCUT2D eigenvalue weighted by Crippen LogP contribution is 2.10. The van der Waals surface area contributed by atoms with Crippen LogP contribution in [0.4, 0.5) is 0 Å². The van der Waals surface area contributed by atoms with Crippen LogP contribution in [0, 0.1) is 0 Å². The highest BCUT2D eigenvalue weighted by Gasteiger charge is 1.99. The van der Waals surface area contributed by atoms with Crippen molar-refractivity contribution in [3.8, 4) is 0 Å². The molecule has 0 radical (unpaired) electrons. The molecule has 0 amide bonds. The summed E-state index contributed by atoms with van der Waals surface area (Å²) in [6.45, 7) is 3.70. The fourth-order valence-corrected chi connectivity index (χ4v) is 1.20. The van der Waals surface area contributed by atoms with Gasteiger partial charge < -0.3 is 9.84 Å². The molecular weight excluding hydrogens is 319 g/mol. The number of rotatable bonds is 6. The second-order valence-electron chi connectivity index (χ2n) is 3.29. The number of esters is 1. The molecule has 0 aliphatic heterocycles. The average Bonchev–Trinajstić information content (AvgIpc) is 2.25. The maximum atomic E-state index is 10.7. The number of aliphatic hydroxyl groups is 1. The van der Waals surface area contributed by atoms with E-state index < -0.39 is 0 Å². The van der Waals surface area contributed by atoms with E-state index in [0.717, 1.165) is 11.1 Å². The second-order valence-corrected chi connectivity index (χ2v) is 3.92. The van der Waals surface area contributed by atoms with Crippen LogP contribution in [-0.2, 0) is 9.53 Å². The van der Waals surface area contributed by atoms with Gasteiger partial charge >= 0.3 is 5.97 Å². The Hall–Kier alpha value is -0.620. The summed E-state index contributed by atoms with van der Waals surface area (Å²) < 4.78 is 6.91. The van der Waals surface area contributed by atoms with Gasteiger partial charge in [-0.05, 0) is 28.6 Å². The molecule has 1 N–H and O–H groups in total. The molecule has 0 heterocycles. The molecule has 0 aliphatic carbocycles. The minimum atomic E-state index is -0.284. The maximum Gasteiger partial charge on any atom is 0.302 e. The van der Waals surface area contributed by atoms with Crippen LogP contribution in [-0.4, -0.2) is 24.3 Å². The van der Waals surface area contributed by atoms with E-state index in [1.807, 2.05) is 23.2 Å². The van der Waals surface area contributed by atoms with E-state index in [0.29, 0.717) is 13.0 Å². The molecule has 0 saturated heterocycles. The van der Waals surface area contributed by atoms with Gasteiger partial charge in [0, 0.05) is 6.92 Å². The molecule has 0 bridgehead atoms. The Morgan fingerprint density at radius 1 is 1.38 bits per heavy atom. The van der Waals surface area contributed by atoms with Crippen LogP contribution in [0.5, 0.6) is 0 Å². The van der Waals surface area contributed by atoms with Gasteiger partial charge in [0.15, 0.2) is 0 Å². The number of carbonyl (C=O) groups excluding carboxylic acids is 1. The van der Waals surface area contributed by atoms with E-state index in [1.54, 1.807) is 6.08 Å². The summed E-state index contributed by atoms with van der Waals surface area (Å²) in [6.07, 6.45) is 6.19. The van der Waals surface area contributed by atoms with Gasteiger partial charge in [-0.15, -0.1) is 0 Å². The molecule has 0 aromatic heterocycles. The highest BCUT2D eigenvalue weighted by molar-refractivity contribution is 14.1. The molecule has 0 rings (SSSR count). The van der Waals surface area contributed by atoms with Crippen LogP contribution in [0.3, 0.4) is 0 Å². The monoisotopic (exact) mass is 336 g/mol. The minimum Gasteiger partial charge on any atom is -0.461 e. The standard InChI is InChI=1S/C12H17IO3/c1-10(8-13)7-12(5-3-4-6-14)9-16-11(2)15/h3-4,7-8,14H,5-6,9H2,1-2H3/b4-3+,10-8-,12-7-. The number of aliphatic hydroxyl groups excluding tert-OH is 1. The molecule has 4 heteroatoms. The average molecular weight is 336 g/mol. The third-order valence-corrected chi connectivity index (χ3v) is 2.70. The lowest BCUT2D eigenvalue weighted by atomic mass is 10.1. The predicted octanol–water partition coefficient (Wildman–Crippen LogP) is 2.75. The fourth-order valence-electron chi connectivity index (χ4n) is 1.02. The lowest BCUT2D eigenvalue weighted by Gasteiger charge is -2.05. The Labute approximate surface area is 110 Å². The van der Waals surface area contributed by atoms with Crippen molar-refractivity contribution in [2.45, 2.75) is 20.3 Å². The smallest absolute Gasteiger partial charge is 0.302 e. The Balaban J connectivity index is 4.44. The van der Waals surface area contributed by atoms with Crippen LogP contribution >= 0.6 is 22.6 Å². The molecule has 0 aliphatic rings. The van der Waals surface area contributed by atoms with E-state index in [-0.39, 0.29) is 12.6 Å². The SMILES string of the molecule is CC(=O)OC/C(=C\C(C)=C/I)C/C=C/CO. The van der Waals surface area contributed by atoms with E-state index in [4.69, 9.17) is 9.84 Å². The fraction of sp³-hybridized carbons (Fsp3) is 0.417. The highest BCUT2D eigenvalue weighted by atomic mass is 127. The number of hydrogen-bond acceptors (Lipinski definition) is 3. The zero-order chi connectivity index (χ0) is 12.4. The van der Waals surface area contributed by atoms with Crippen molar-refractivity contribution in [2.24, 2.45) is 0 Å². The summed E-state index contributed by atoms with van der Waals surface area (Å²) in [5.74, 6) is -0.284. The Kier molecular flexibility index (Phi) is 9.22. The first-order valence-corrected chi connectivity index (χ1v) is 6.20. The van der Waals surface area contributed by atoms with Crippen molar-refractivity contribution in [3.05, 3.63) is 33.5 Å². The largest absolute Gasteiger partial charge is 0.461 e. The zero-order valence-corrected chi connectivity index (χ0v) is 11.7. The van der Waals surface area contributed by atoms with Crippen LogP contribution < -0.4 is 0 Å².